The van der Waals surface area contributed by atoms with Crippen LogP contribution in [0.3, 0.4) is 0 Å². The molecule has 84 valence electrons. The van der Waals surface area contributed by atoms with Gasteiger partial charge in [0.25, 0.3) is 0 Å². The molecule has 1 heterocycles. The molecule has 0 bridgehead atoms. The number of nitrogens with zero attached hydrogens (tertiary/aromatic N) is 1. The Morgan fingerprint density at radius 1 is 1.80 bits per heavy atom. The molecule has 0 radical (unpaired) electrons. The first-order chi connectivity index (χ1) is 7.15. The van der Waals surface area contributed by atoms with Crippen molar-refractivity contribution in [3.8, 4) is 0 Å². The summed E-state index contributed by atoms with van der Waals surface area (Å²) in [5.41, 5.74) is 5.53. The lowest BCUT2D eigenvalue weighted by atomic mass is 10.0. The van der Waals surface area contributed by atoms with Crippen molar-refractivity contribution in [2.45, 2.75) is 19.8 Å². The summed E-state index contributed by atoms with van der Waals surface area (Å²) in [5.74, 6) is 0.238. The lowest BCUT2D eigenvalue weighted by Crippen LogP contribution is -2.21. The third kappa shape index (κ3) is 4.27. The number of anilines is 1. The van der Waals surface area contributed by atoms with Gasteiger partial charge in [-0.25, -0.2) is 4.98 Å². The van der Waals surface area contributed by atoms with Gasteiger partial charge in [-0.05, 0) is 28.4 Å². The second kappa shape index (κ2) is 6.19. The molecule has 1 atom stereocenters. The van der Waals surface area contributed by atoms with E-state index in [1.54, 1.807) is 6.20 Å². The number of hydrogen-bond donors (Lipinski definition) is 2. The molecule has 1 amide bonds. The topological polar surface area (TPSA) is 68.0 Å². The smallest absolute Gasteiger partial charge is 0.226 e. The number of hydrogen-bond acceptors (Lipinski definition) is 4. The normalized spacial score (nSPS) is 12.5. The Morgan fingerprint density at radius 3 is 3.00 bits per heavy atom. The molecule has 0 fully saturated rings. The van der Waals surface area contributed by atoms with E-state index < -0.39 is 0 Å². The van der Waals surface area contributed by atoms with E-state index in [0.29, 0.717) is 18.1 Å². The van der Waals surface area contributed by atoms with Crippen LogP contribution in [0.25, 0.3) is 0 Å². The molecule has 0 aliphatic rings. The van der Waals surface area contributed by atoms with Crippen LogP contribution in [0.1, 0.15) is 19.8 Å². The molecule has 1 unspecified atom stereocenters. The molecule has 0 saturated carbocycles. The van der Waals surface area contributed by atoms with Crippen LogP contribution in [0.15, 0.2) is 9.98 Å². The zero-order chi connectivity index (χ0) is 11.3. The zero-order valence-electron chi connectivity index (χ0n) is 8.50. The van der Waals surface area contributed by atoms with E-state index in [0.717, 1.165) is 10.2 Å². The second-order valence-corrected chi connectivity index (χ2v) is 5.64. The fourth-order valence-corrected chi connectivity index (χ4v) is 2.26. The average molecular weight is 292 g/mol. The number of rotatable bonds is 5. The second-order valence-electron chi connectivity index (χ2n) is 3.23. The molecule has 0 saturated heterocycles. The number of amides is 1. The van der Waals surface area contributed by atoms with Gasteiger partial charge in [0.15, 0.2) is 5.13 Å². The Bertz CT molecular complexity index is 325. The largest absolute Gasteiger partial charge is 0.330 e. The van der Waals surface area contributed by atoms with E-state index >= 15 is 0 Å². The quantitative estimate of drug-likeness (QED) is 0.874. The zero-order valence-corrected chi connectivity index (χ0v) is 10.9. The van der Waals surface area contributed by atoms with E-state index in [4.69, 9.17) is 5.73 Å². The summed E-state index contributed by atoms with van der Waals surface area (Å²) in [6.07, 6.45) is 3.05. The van der Waals surface area contributed by atoms with Crippen LogP contribution in [0.5, 0.6) is 0 Å². The number of carbonyl (C=O) groups is 1. The first-order valence-corrected chi connectivity index (χ1v) is 6.37. The summed E-state index contributed by atoms with van der Waals surface area (Å²) in [6, 6.07) is 0. The Kier molecular flexibility index (Phi) is 5.21. The van der Waals surface area contributed by atoms with Gasteiger partial charge in [-0.3, -0.25) is 4.79 Å². The third-order valence-corrected chi connectivity index (χ3v) is 3.50. The average Bonchev–Trinajstić information content (AvgIpc) is 2.60. The maximum atomic E-state index is 11.5. The van der Waals surface area contributed by atoms with Crippen molar-refractivity contribution in [1.82, 2.24) is 4.98 Å². The van der Waals surface area contributed by atoms with Crippen LogP contribution in [-0.4, -0.2) is 17.4 Å². The molecule has 3 N–H and O–H groups in total. The molecule has 6 heteroatoms. The molecule has 0 spiro atoms. The van der Waals surface area contributed by atoms with Crippen molar-refractivity contribution in [1.29, 1.82) is 0 Å². The maximum Gasteiger partial charge on any atom is 0.226 e. The number of halogens is 1. The summed E-state index contributed by atoms with van der Waals surface area (Å²) in [5, 5.41) is 3.37. The number of aromatic nitrogens is 1. The molecule has 0 aliphatic carbocycles. The molecule has 15 heavy (non-hydrogen) atoms. The molecule has 1 aromatic rings. The Labute approximate surface area is 101 Å². The minimum atomic E-state index is -0.0193. The monoisotopic (exact) mass is 291 g/mol. The highest BCUT2D eigenvalue weighted by atomic mass is 79.9. The molecular weight excluding hydrogens is 278 g/mol. The van der Waals surface area contributed by atoms with Gasteiger partial charge < -0.3 is 11.1 Å². The molecule has 1 aromatic heterocycles. The first-order valence-electron chi connectivity index (χ1n) is 4.77. The van der Waals surface area contributed by atoms with Gasteiger partial charge in [0.2, 0.25) is 5.91 Å². The molecule has 0 aromatic carbocycles. The Morgan fingerprint density at radius 2 is 2.53 bits per heavy atom. The van der Waals surface area contributed by atoms with Crippen LogP contribution in [-0.2, 0) is 4.79 Å². The van der Waals surface area contributed by atoms with Crippen LogP contribution in [0, 0.1) is 5.92 Å². The molecule has 4 nitrogen and oxygen atoms in total. The fraction of sp³-hybridized carbons (Fsp3) is 0.556. The summed E-state index contributed by atoms with van der Waals surface area (Å²) in [4.78, 5) is 15.6. The van der Waals surface area contributed by atoms with Gasteiger partial charge in [-0.2, -0.15) is 0 Å². The van der Waals surface area contributed by atoms with Crippen LogP contribution >= 0.6 is 27.3 Å². The van der Waals surface area contributed by atoms with E-state index in [1.807, 2.05) is 6.92 Å². The Balaban J connectivity index is 2.42. The van der Waals surface area contributed by atoms with Gasteiger partial charge in [0.05, 0.1) is 9.98 Å². The minimum Gasteiger partial charge on any atom is -0.330 e. The van der Waals surface area contributed by atoms with E-state index in [1.165, 1.54) is 11.3 Å². The number of thiazole rings is 1. The van der Waals surface area contributed by atoms with Crippen LogP contribution in [0.2, 0.25) is 0 Å². The molecule has 1 rings (SSSR count). The van der Waals surface area contributed by atoms with Gasteiger partial charge in [-0.1, -0.05) is 24.7 Å². The van der Waals surface area contributed by atoms with Crippen molar-refractivity contribution in [2.24, 2.45) is 11.7 Å². The van der Waals surface area contributed by atoms with Gasteiger partial charge in [-0.15, -0.1) is 0 Å². The number of carbonyl (C=O) groups excluding carboxylic acids is 1. The van der Waals surface area contributed by atoms with Crippen LogP contribution < -0.4 is 11.1 Å². The number of nitrogens with two attached hydrogens (primary N) is 1. The van der Waals surface area contributed by atoms with Crippen molar-refractivity contribution in [2.75, 3.05) is 11.9 Å². The summed E-state index contributed by atoms with van der Waals surface area (Å²) >= 11 is 4.69. The lowest BCUT2D eigenvalue weighted by Gasteiger charge is -2.10. The highest BCUT2D eigenvalue weighted by Gasteiger charge is 2.11. The van der Waals surface area contributed by atoms with E-state index in [2.05, 4.69) is 26.2 Å². The third-order valence-electron chi connectivity index (χ3n) is 2.11. The summed E-state index contributed by atoms with van der Waals surface area (Å²) < 4.78 is 0.906. The Hall–Kier alpha value is -0.460. The minimum absolute atomic E-state index is 0.0193. The maximum absolute atomic E-state index is 11.5. The fourth-order valence-electron chi connectivity index (χ4n) is 1.14. The van der Waals surface area contributed by atoms with Crippen molar-refractivity contribution >= 4 is 38.3 Å². The standard InChI is InChI=1S/C9H14BrN3OS/c1-2-6(4-11)3-8(14)13-9-12-5-7(10)15-9/h5-6H,2-4,11H2,1H3,(H,12,13,14). The van der Waals surface area contributed by atoms with Crippen molar-refractivity contribution < 1.29 is 4.79 Å². The highest BCUT2D eigenvalue weighted by molar-refractivity contribution is 9.11. The van der Waals surface area contributed by atoms with Crippen molar-refractivity contribution in [3.05, 3.63) is 9.98 Å². The molecule has 0 aliphatic heterocycles. The SMILES string of the molecule is CCC(CN)CC(=O)Nc1ncc(Br)s1. The first kappa shape index (κ1) is 12.6. The van der Waals surface area contributed by atoms with Crippen LogP contribution in [0.4, 0.5) is 5.13 Å². The lowest BCUT2D eigenvalue weighted by molar-refractivity contribution is -0.117. The van der Waals surface area contributed by atoms with Crippen molar-refractivity contribution in [3.63, 3.8) is 0 Å². The van der Waals surface area contributed by atoms with E-state index in [-0.39, 0.29) is 11.8 Å². The van der Waals surface area contributed by atoms with Gasteiger partial charge >= 0.3 is 0 Å². The van der Waals surface area contributed by atoms with Gasteiger partial charge in [0, 0.05) is 6.42 Å². The highest BCUT2D eigenvalue weighted by Crippen LogP contribution is 2.23. The predicted molar refractivity (Wildman–Crippen MR) is 65.9 cm³/mol. The predicted octanol–water partition coefficient (Wildman–Crippen LogP) is 2.22. The summed E-state index contributed by atoms with van der Waals surface area (Å²) in [6.45, 7) is 2.58. The summed E-state index contributed by atoms with van der Waals surface area (Å²) in [7, 11) is 0. The van der Waals surface area contributed by atoms with Gasteiger partial charge in [0.1, 0.15) is 0 Å². The van der Waals surface area contributed by atoms with E-state index in [9.17, 15) is 4.79 Å². The molecular formula is C9H14BrN3OS. The number of nitrogens with one attached hydrogen (secondary N) is 1.